The number of carbonyl (C=O) groups is 2. The standard InChI is InChI=1S/C24H31N3O6S/c1-16-13-17(2)22(18(3)14-16)34(30,31)27-11-12-33-21(27)15-26-24(29)23(28)25-10-9-19-7-5-6-8-20(19)32-4/h5-8,13-14,21H,9-12,15H2,1-4H3,(H,25,28)(H,26,29)/t21-/m1/s1. The minimum Gasteiger partial charge on any atom is -0.496 e. The van der Waals surface area contributed by atoms with Crippen LogP contribution in [-0.2, 0) is 30.8 Å². The van der Waals surface area contributed by atoms with Gasteiger partial charge in [-0.25, -0.2) is 8.42 Å². The van der Waals surface area contributed by atoms with E-state index in [1.165, 1.54) is 4.31 Å². The first-order valence-corrected chi connectivity index (χ1v) is 12.5. The first-order chi connectivity index (χ1) is 16.1. The van der Waals surface area contributed by atoms with E-state index in [9.17, 15) is 18.0 Å². The van der Waals surface area contributed by atoms with Gasteiger partial charge in [0.2, 0.25) is 10.0 Å². The molecule has 10 heteroatoms. The molecule has 9 nitrogen and oxygen atoms in total. The number of hydrogen-bond acceptors (Lipinski definition) is 6. The number of hydrogen-bond donors (Lipinski definition) is 2. The zero-order valence-corrected chi connectivity index (χ0v) is 20.7. The largest absolute Gasteiger partial charge is 0.496 e. The summed E-state index contributed by atoms with van der Waals surface area (Å²) in [6.45, 7) is 5.91. The van der Waals surface area contributed by atoms with Gasteiger partial charge in [0.05, 0.1) is 25.2 Å². The highest BCUT2D eigenvalue weighted by atomic mass is 32.2. The maximum atomic E-state index is 13.3. The average molecular weight is 490 g/mol. The quantitative estimate of drug-likeness (QED) is 0.543. The number of aryl methyl sites for hydroxylation is 3. The van der Waals surface area contributed by atoms with Crippen LogP contribution in [0.3, 0.4) is 0 Å². The number of nitrogens with zero attached hydrogens (tertiary/aromatic N) is 1. The first kappa shape index (κ1) is 25.7. The molecule has 1 heterocycles. The highest BCUT2D eigenvalue weighted by molar-refractivity contribution is 7.89. The Kier molecular flexibility index (Phi) is 8.29. The van der Waals surface area contributed by atoms with Gasteiger partial charge in [-0.15, -0.1) is 0 Å². The number of carbonyl (C=O) groups excluding carboxylic acids is 2. The molecule has 0 bridgehead atoms. The minimum absolute atomic E-state index is 0.137. The molecule has 1 aliphatic heterocycles. The van der Waals surface area contributed by atoms with Crippen LogP contribution in [0.4, 0.5) is 0 Å². The Morgan fingerprint density at radius 1 is 1.09 bits per heavy atom. The predicted octanol–water partition coefficient (Wildman–Crippen LogP) is 1.44. The summed E-state index contributed by atoms with van der Waals surface area (Å²) < 4.78 is 38.8. The number of sulfonamides is 1. The summed E-state index contributed by atoms with van der Waals surface area (Å²) in [5.41, 5.74) is 3.20. The third-order valence-corrected chi connectivity index (χ3v) is 7.83. The predicted molar refractivity (Wildman–Crippen MR) is 127 cm³/mol. The van der Waals surface area contributed by atoms with Crippen molar-refractivity contribution in [2.75, 3.05) is 33.4 Å². The Hall–Kier alpha value is -2.95. The van der Waals surface area contributed by atoms with Crippen molar-refractivity contribution in [3.63, 3.8) is 0 Å². The molecule has 0 spiro atoms. The lowest BCUT2D eigenvalue weighted by molar-refractivity contribution is -0.139. The number of nitrogens with one attached hydrogen (secondary N) is 2. The van der Waals surface area contributed by atoms with Crippen LogP contribution >= 0.6 is 0 Å². The molecule has 2 aromatic carbocycles. The lowest BCUT2D eigenvalue weighted by atomic mass is 10.1. The maximum absolute atomic E-state index is 13.3. The van der Waals surface area contributed by atoms with Crippen LogP contribution in [0.15, 0.2) is 41.3 Å². The summed E-state index contributed by atoms with van der Waals surface area (Å²) in [4.78, 5) is 24.7. The highest BCUT2D eigenvalue weighted by Gasteiger charge is 2.38. The Balaban J connectivity index is 1.57. The van der Waals surface area contributed by atoms with Gasteiger partial charge in [-0.2, -0.15) is 4.31 Å². The van der Waals surface area contributed by atoms with E-state index in [-0.39, 0.29) is 31.1 Å². The van der Waals surface area contributed by atoms with Gasteiger partial charge in [0.1, 0.15) is 12.0 Å². The number of benzene rings is 2. The van der Waals surface area contributed by atoms with Crippen LogP contribution in [0, 0.1) is 20.8 Å². The molecular formula is C24H31N3O6S. The summed E-state index contributed by atoms with van der Waals surface area (Å²) in [6, 6.07) is 11.1. The van der Waals surface area contributed by atoms with Crippen LogP contribution in [0.5, 0.6) is 5.75 Å². The second-order valence-electron chi connectivity index (χ2n) is 8.20. The molecular weight excluding hydrogens is 458 g/mol. The molecule has 1 aliphatic rings. The molecule has 1 saturated heterocycles. The molecule has 2 aromatic rings. The van der Waals surface area contributed by atoms with Gasteiger partial charge in [-0.3, -0.25) is 9.59 Å². The molecule has 0 saturated carbocycles. The third-order valence-electron chi connectivity index (χ3n) is 5.63. The monoisotopic (exact) mass is 489 g/mol. The number of rotatable bonds is 8. The van der Waals surface area contributed by atoms with E-state index >= 15 is 0 Å². The van der Waals surface area contributed by atoms with Crippen molar-refractivity contribution in [1.29, 1.82) is 0 Å². The zero-order chi connectivity index (χ0) is 24.9. The topological polar surface area (TPSA) is 114 Å². The van der Waals surface area contributed by atoms with Crippen LogP contribution in [-0.4, -0.2) is 64.1 Å². The molecule has 34 heavy (non-hydrogen) atoms. The minimum atomic E-state index is -3.84. The van der Waals surface area contributed by atoms with Crippen molar-refractivity contribution in [3.8, 4) is 5.75 Å². The Morgan fingerprint density at radius 2 is 1.74 bits per heavy atom. The summed E-state index contributed by atoms with van der Waals surface area (Å²) in [7, 11) is -2.27. The summed E-state index contributed by atoms with van der Waals surface area (Å²) >= 11 is 0. The second-order valence-corrected chi connectivity index (χ2v) is 10.0. The Bertz CT molecular complexity index is 1140. The fourth-order valence-corrected chi connectivity index (χ4v) is 6.12. The summed E-state index contributed by atoms with van der Waals surface area (Å²) in [5.74, 6) is -0.942. The van der Waals surface area contributed by atoms with Gasteiger partial charge in [0.15, 0.2) is 0 Å². The Labute approximate surface area is 200 Å². The normalized spacial score (nSPS) is 16.3. The molecule has 0 aromatic heterocycles. The Morgan fingerprint density at radius 3 is 2.41 bits per heavy atom. The second kappa shape index (κ2) is 11.0. The highest BCUT2D eigenvalue weighted by Crippen LogP contribution is 2.28. The van der Waals surface area contributed by atoms with E-state index in [4.69, 9.17) is 9.47 Å². The van der Waals surface area contributed by atoms with E-state index in [0.717, 1.165) is 11.1 Å². The van der Waals surface area contributed by atoms with Gasteiger partial charge < -0.3 is 20.1 Å². The van der Waals surface area contributed by atoms with E-state index < -0.39 is 28.1 Å². The van der Waals surface area contributed by atoms with Gasteiger partial charge in [-0.05, 0) is 49.9 Å². The fourth-order valence-electron chi connectivity index (χ4n) is 4.19. The number of amides is 2. The number of para-hydroxylation sites is 1. The van der Waals surface area contributed by atoms with Gasteiger partial charge in [0, 0.05) is 13.1 Å². The van der Waals surface area contributed by atoms with Crippen LogP contribution in [0.25, 0.3) is 0 Å². The number of methoxy groups -OCH3 is 1. The maximum Gasteiger partial charge on any atom is 0.309 e. The first-order valence-electron chi connectivity index (χ1n) is 11.0. The smallest absolute Gasteiger partial charge is 0.309 e. The van der Waals surface area contributed by atoms with Crippen LogP contribution < -0.4 is 15.4 Å². The lowest BCUT2D eigenvalue weighted by Crippen LogP contribution is -2.47. The van der Waals surface area contributed by atoms with Gasteiger partial charge >= 0.3 is 11.8 Å². The lowest BCUT2D eigenvalue weighted by Gasteiger charge is -2.24. The van der Waals surface area contributed by atoms with E-state index in [0.29, 0.717) is 23.3 Å². The van der Waals surface area contributed by atoms with Crippen molar-refractivity contribution < 1.29 is 27.5 Å². The van der Waals surface area contributed by atoms with Gasteiger partial charge in [-0.1, -0.05) is 35.9 Å². The molecule has 3 rings (SSSR count). The fraction of sp³-hybridized carbons (Fsp3) is 0.417. The molecule has 0 radical (unpaired) electrons. The van der Waals surface area contributed by atoms with Crippen molar-refractivity contribution in [1.82, 2.24) is 14.9 Å². The zero-order valence-electron chi connectivity index (χ0n) is 19.9. The van der Waals surface area contributed by atoms with Crippen molar-refractivity contribution >= 4 is 21.8 Å². The molecule has 184 valence electrons. The molecule has 2 N–H and O–H groups in total. The van der Waals surface area contributed by atoms with Crippen molar-refractivity contribution in [2.24, 2.45) is 0 Å². The molecule has 1 fully saturated rings. The third kappa shape index (κ3) is 5.75. The number of ether oxygens (including phenoxy) is 2. The molecule has 1 atom stereocenters. The summed E-state index contributed by atoms with van der Waals surface area (Å²) in [5, 5.41) is 5.05. The SMILES string of the molecule is COc1ccccc1CCNC(=O)C(=O)NC[C@H]1OCCN1S(=O)(=O)c1c(C)cc(C)cc1C. The van der Waals surface area contributed by atoms with E-state index in [1.807, 2.05) is 43.3 Å². The van der Waals surface area contributed by atoms with Crippen LogP contribution in [0.2, 0.25) is 0 Å². The average Bonchev–Trinajstić information content (AvgIpc) is 3.26. The van der Waals surface area contributed by atoms with Gasteiger partial charge in [0.25, 0.3) is 0 Å². The van der Waals surface area contributed by atoms with E-state index in [2.05, 4.69) is 10.6 Å². The van der Waals surface area contributed by atoms with Crippen molar-refractivity contribution in [2.45, 2.75) is 38.3 Å². The molecule has 0 unspecified atom stereocenters. The van der Waals surface area contributed by atoms with E-state index in [1.54, 1.807) is 21.0 Å². The van der Waals surface area contributed by atoms with Crippen LogP contribution in [0.1, 0.15) is 22.3 Å². The molecule has 2 amide bonds. The molecule has 0 aliphatic carbocycles. The summed E-state index contributed by atoms with van der Waals surface area (Å²) in [6.07, 6.45) is -0.397. The van der Waals surface area contributed by atoms with Crippen molar-refractivity contribution in [3.05, 3.63) is 58.7 Å².